The second kappa shape index (κ2) is 12.7. The molecule has 8 nitrogen and oxygen atoms in total. The minimum Gasteiger partial charge on any atom is -0.381 e. The van der Waals surface area contributed by atoms with Crippen LogP contribution in [0.5, 0.6) is 0 Å². The highest BCUT2D eigenvalue weighted by atomic mass is 16.5. The zero-order valence-corrected chi connectivity index (χ0v) is 16.2. The van der Waals surface area contributed by atoms with Gasteiger partial charge in [0.25, 0.3) is 0 Å². The van der Waals surface area contributed by atoms with Gasteiger partial charge in [-0.2, -0.15) is 4.98 Å². The molecule has 0 saturated heterocycles. The molecule has 0 aromatic carbocycles. The molecule has 2 N–H and O–H groups in total. The maximum absolute atomic E-state index is 5.57. The Labute approximate surface area is 150 Å². The molecule has 1 aromatic heterocycles. The summed E-state index contributed by atoms with van der Waals surface area (Å²) in [6.45, 7) is 14.2. The predicted octanol–water partition coefficient (Wildman–Crippen LogP) is 2.28. The summed E-state index contributed by atoms with van der Waals surface area (Å²) >= 11 is 0. The number of ether oxygens (including phenoxy) is 2. The fourth-order valence-corrected chi connectivity index (χ4v) is 2.01. The Morgan fingerprint density at radius 3 is 2.72 bits per heavy atom. The first kappa shape index (κ1) is 21.4. The van der Waals surface area contributed by atoms with E-state index in [2.05, 4.69) is 39.6 Å². The van der Waals surface area contributed by atoms with Gasteiger partial charge in [-0.1, -0.05) is 19.0 Å². The summed E-state index contributed by atoms with van der Waals surface area (Å²) < 4.78 is 16.2. The zero-order chi connectivity index (χ0) is 18.5. The molecule has 0 aliphatic rings. The van der Waals surface area contributed by atoms with Crippen molar-refractivity contribution in [3.05, 3.63) is 11.7 Å². The molecule has 1 rings (SSSR count). The number of guanidine groups is 1. The molecule has 144 valence electrons. The Morgan fingerprint density at radius 1 is 1.24 bits per heavy atom. The molecule has 0 bridgehead atoms. The second-order valence-corrected chi connectivity index (χ2v) is 6.09. The minimum atomic E-state index is -0.177. The largest absolute Gasteiger partial charge is 0.381 e. The van der Waals surface area contributed by atoms with Crippen molar-refractivity contribution in [1.29, 1.82) is 0 Å². The third-order valence-corrected chi connectivity index (χ3v) is 3.19. The van der Waals surface area contributed by atoms with Gasteiger partial charge in [0.1, 0.15) is 12.6 Å². The van der Waals surface area contributed by atoms with E-state index in [-0.39, 0.29) is 6.10 Å². The van der Waals surface area contributed by atoms with Crippen LogP contribution >= 0.6 is 0 Å². The number of aromatic nitrogens is 2. The van der Waals surface area contributed by atoms with Crippen molar-refractivity contribution in [2.45, 2.75) is 53.7 Å². The Balaban J connectivity index is 2.39. The predicted molar refractivity (Wildman–Crippen MR) is 97.4 cm³/mol. The number of hydrogen-bond acceptors (Lipinski definition) is 6. The summed E-state index contributed by atoms with van der Waals surface area (Å²) in [4.78, 5) is 8.78. The number of nitrogens with zero attached hydrogens (tertiary/aromatic N) is 3. The molecular weight excluding hydrogens is 322 g/mol. The highest BCUT2D eigenvalue weighted by molar-refractivity contribution is 5.79. The lowest BCUT2D eigenvalue weighted by Gasteiger charge is -2.11. The molecule has 0 fully saturated rings. The lowest BCUT2D eigenvalue weighted by atomic mass is 10.2. The lowest BCUT2D eigenvalue weighted by Crippen LogP contribution is -2.38. The first-order valence-corrected chi connectivity index (χ1v) is 9.10. The summed E-state index contributed by atoms with van der Waals surface area (Å²) in [6.07, 6.45) is 0.747. The van der Waals surface area contributed by atoms with Gasteiger partial charge >= 0.3 is 0 Å². The van der Waals surface area contributed by atoms with Crippen molar-refractivity contribution in [3.63, 3.8) is 0 Å². The van der Waals surface area contributed by atoms with Crippen molar-refractivity contribution in [2.75, 3.05) is 32.9 Å². The van der Waals surface area contributed by atoms with E-state index in [1.54, 1.807) is 0 Å². The molecule has 1 unspecified atom stereocenters. The fourth-order valence-electron chi connectivity index (χ4n) is 2.01. The van der Waals surface area contributed by atoms with E-state index >= 15 is 0 Å². The SMILES string of the molecule is CCNC(=NCc1nc(C(C)OCC)no1)NCCCOCC(C)C. The lowest BCUT2D eigenvalue weighted by molar-refractivity contribution is 0.0683. The maximum atomic E-state index is 5.57. The maximum Gasteiger partial charge on any atom is 0.248 e. The third kappa shape index (κ3) is 9.40. The highest BCUT2D eigenvalue weighted by Gasteiger charge is 2.13. The molecule has 1 atom stereocenters. The third-order valence-electron chi connectivity index (χ3n) is 3.19. The van der Waals surface area contributed by atoms with Gasteiger partial charge in [0.15, 0.2) is 11.8 Å². The van der Waals surface area contributed by atoms with Gasteiger partial charge in [-0.3, -0.25) is 0 Å². The zero-order valence-electron chi connectivity index (χ0n) is 16.2. The standard InChI is InChI=1S/C17H33N5O3/c1-6-18-17(19-9-8-10-23-12-13(3)4)20-11-15-21-16(22-25-15)14(5)24-7-2/h13-14H,6-12H2,1-5H3,(H2,18,19,20). The van der Waals surface area contributed by atoms with Crippen molar-refractivity contribution >= 4 is 5.96 Å². The van der Waals surface area contributed by atoms with E-state index in [9.17, 15) is 0 Å². The number of nitrogens with one attached hydrogen (secondary N) is 2. The van der Waals surface area contributed by atoms with E-state index in [4.69, 9.17) is 14.0 Å². The second-order valence-electron chi connectivity index (χ2n) is 6.09. The summed E-state index contributed by atoms with van der Waals surface area (Å²) in [5.74, 6) is 2.31. The highest BCUT2D eigenvalue weighted by Crippen LogP contribution is 2.12. The van der Waals surface area contributed by atoms with Crippen molar-refractivity contribution in [1.82, 2.24) is 20.8 Å². The normalized spacial score (nSPS) is 13.3. The number of aliphatic imine (C=N–C) groups is 1. The molecule has 0 amide bonds. The first-order valence-electron chi connectivity index (χ1n) is 9.10. The van der Waals surface area contributed by atoms with Gasteiger partial charge in [-0.05, 0) is 33.1 Å². The van der Waals surface area contributed by atoms with Gasteiger partial charge in [-0.15, -0.1) is 0 Å². The quantitative estimate of drug-likeness (QED) is 0.337. The Kier molecular flexibility index (Phi) is 10.8. The van der Waals surface area contributed by atoms with Crippen molar-refractivity contribution in [3.8, 4) is 0 Å². The summed E-state index contributed by atoms with van der Waals surface area (Å²) in [7, 11) is 0. The molecule has 0 aliphatic carbocycles. The Bertz CT molecular complexity index is 490. The molecule has 0 spiro atoms. The van der Waals surface area contributed by atoms with Crippen LogP contribution in [0.3, 0.4) is 0 Å². The van der Waals surface area contributed by atoms with Crippen LogP contribution in [-0.2, 0) is 16.0 Å². The average Bonchev–Trinajstić information content (AvgIpc) is 3.04. The molecule has 1 aromatic rings. The number of rotatable bonds is 12. The average molecular weight is 355 g/mol. The van der Waals surface area contributed by atoms with Gasteiger partial charge < -0.3 is 24.6 Å². The summed E-state index contributed by atoms with van der Waals surface area (Å²) in [5.41, 5.74) is 0. The monoisotopic (exact) mass is 355 g/mol. The first-order chi connectivity index (χ1) is 12.1. The molecule has 25 heavy (non-hydrogen) atoms. The van der Waals surface area contributed by atoms with Crippen LogP contribution in [0, 0.1) is 5.92 Å². The van der Waals surface area contributed by atoms with E-state index in [0.29, 0.717) is 30.8 Å². The van der Waals surface area contributed by atoms with Crippen molar-refractivity contribution < 1.29 is 14.0 Å². The van der Waals surface area contributed by atoms with Gasteiger partial charge in [0.05, 0.1) is 0 Å². The van der Waals surface area contributed by atoms with E-state index in [1.165, 1.54) is 0 Å². The van der Waals surface area contributed by atoms with Gasteiger partial charge in [-0.25, -0.2) is 4.99 Å². The van der Waals surface area contributed by atoms with Gasteiger partial charge in [0.2, 0.25) is 5.89 Å². The van der Waals surface area contributed by atoms with Crippen LogP contribution in [0.25, 0.3) is 0 Å². The molecule has 0 saturated carbocycles. The van der Waals surface area contributed by atoms with Crippen LogP contribution in [0.2, 0.25) is 0 Å². The van der Waals surface area contributed by atoms with E-state index < -0.39 is 0 Å². The molecule has 0 radical (unpaired) electrons. The molecule has 1 heterocycles. The van der Waals surface area contributed by atoms with Gasteiger partial charge in [0, 0.05) is 32.9 Å². The van der Waals surface area contributed by atoms with Crippen molar-refractivity contribution in [2.24, 2.45) is 10.9 Å². The molecule has 0 aliphatic heterocycles. The van der Waals surface area contributed by atoms with Crippen LogP contribution in [0.15, 0.2) is 9.52 Å². The Hall–Kier alpha value is -1.67. The topological polar surface area (TPSA) is 93.8 Å². The van der Waals surface area contributed by atoms with Crippen LogP contribution < -0.4 is 10.6 Å². The molecule has 8 heteroatoms. The fraction of sp³-hybridized carbons (Fsp3) is 0.824. The van der Waals surface area contributed by atoms with E-state index in [1.807, 2.05) is 20.8 Å². The number of hydrogen-bond donors (Lipinski definition) is 2. The summed E-state index contributed by atoms with van der Waals surface area (Å²) in [6, 6.07) is 0. The van der Waals surface area contributed by atoms with Crippen LogP contribution in [-0.4, -0.2) is 49.0 Å². The smallest absolute Gasteiger partial charge is 0.248 e. The summed E-state index contributed by atoms with van der Waals surface area (Å²) in [5, 5.41) is 10.4. The van der Waals surface area contributed by atoms with Crippen LogP contribution in [0.4, 0.5) is 0 Å². The molecular formula is C17H33N5O3. The minimum absolute atomic E-state index is 0.177. The Morgan fingerprint density at radius 2 is 2.04 bits per heavy atom. The van der Waals surface area contributed by atoms with Crippen LogP contribution in [0.1, 0.15) is 58.9 Å². The van der Waals surface area contributed by atoms with E-state index in [0.717, 1.165) is 38.7 Å².